The van der Waals surface area contributed by atoms with E-state index in [9.17, 15) is 14.4 Å². The smallest absolute Gasteiger partial charge is 0.291 e. The number of piperidine rings is 1. The van der Waals surface area contributed by atoms with Crippen LogP contribution in [0.5, 0.6) is 0 Å². The number of likely N-dealkylation sites (tertiary alicyclic amines) is 1. The molecule has 1 saturated heterocycles. The minimum absolute atomic E-state index is 0.000292. The van der Waals surface area contributed by atoms with Crippen molar-refractivity contribution in [3.05, 3.63) is 76.4 Å². The molecule has 0 radical (unpaired) electrons. The van der Waals surface area contributed by atoms with Gasteiger partial charge in [0.2, 0.25) is 5.91 Å². The normalized spacial score (nSPS) is 16.0. The number of amides is 3. The molecule has 1 aromatic carbocycles. The molecule has 4 rings (SSSR count). The Morgan fingerprint density at radius 1 is 1.10 bits per heavy atom. The molecule has 3 heterocycles. The van der Waals surface area contributed by atoms with Crippen molar-refractivity contribution >= 4 is 34.7 Å². The van der Waals surface area contributed by atoms with Gasteiger partial charge in [-0.25, -0.2) is 0 Å². The van der Waals surface area contributed by atoms with E-state index in [0.717, 1.165) is 18.4 Å². The van der Waals surface area contributed by atoms with Gasteiger partial charge in [-0.05, 0) is 54.1 Å². The van der Waals surface area contributed by atoms with E-state index >= 15 is 0 Å². The van der Waals surface area contributed by atoms with Gasteiger partial charge in [-0.1, -0.05) is 18.2 Å². The lowest BCUT2D eigenvalue weighted by Crippen LogP contribution is -2.45. The molecular weight excluding hydrogens is 414 g/mol. The van der Waals surface area contributed by atoms with Crippen LogP contribution in [0.2, 0.25) is 0 Å². The summed E-state index contributed by atoms with van der Waals surface area (Å²) >= 11 is 1.42. The SMILES string of the molecule is O=C(Nc1ccc(CNC(=O)C2CCCN(C(=O)c3cccs3)C2)cc1)c1ccco1. The van der Waals surface area contributed by atoms with Gasteiger partial charge in [0.1, 0.15) is 0 Å². The van der Waals surface area contributed by atoms with Crippen LogP contribution in [0, 0.1) is 5.92 Å². The summed E-state index contributed by atoms with van der Waals surface area (Å²) in [6.45, 7) is 1.52. The molecular formula is C23H23N3O4S. The number of rotatable bonds is 6. The number of hydrogen-bond acceptors (Lipinski definition) is 5. The van der Waals surface area contributed by atoms with Crippen LogP contribution < -0.4 is 10.6 Å². The number of thiophene rings is 1. The predicted octanol–water partition coefficient (Wildman–Crippen LogP) is 3.76. The average Bonchev–Trinajstić information content (AvgIpc) is 3.52. The second-order valence-electron chi connectivity index (χ2n) is 7.41. The second kappa shape index (κ2) is 9.61. The van der Waals surface area contributed by atoms with Gasteiger partial charge in [0.05, 0.1) is 17.1 Å². The van der Waals surface area contributed by atoms with Crippen LogP contribution in [0.4, 0.5) is 5.69 Å². The third-order valence-corrected chi connectivity index (χ3v) is 6.09. The molecule has 1 aliphatic rings. The molecule has 8 heteroatoms. The lowest BCUT2D eigenvalue weighted by atomic mass is 9.97. The first kappa shape index (κ1) is 20.9. The number of nitrogens with zero attached hydrogens (tertiary/aromatic N) is 1. The molecule has 31 heavy (non-hydrogen) atoms. The zero-order valence-electron chi connectivity index (χ0n) is 16.9. The van der Waals surface area contributed by atoms with Crippen LogP contribution in [-0.2, 0) is 11.3 Å². The number of hydrogen-bond donors (Lipinski definition) is 2. The number of nitrogens with one attached hydrogen (secondary N) is 2. The fraction of sp³-hybridized carbons (Fsp3) is 0.261. The van der Waals surface area contributed by atoms with E-state index in [0.29, 0.717) is 30.2 Å². The maximum absolute atomic E-state index is 12.7. The van der Waals surface area contributed by atoms with Crippen molar-refractivity contribution in [2.45, 2.75) is 19.4 Å². The first-order chi connectivity index (χ1) is 15.1. The molecule has 1 fully saturated rings. The minimum atomic E-state index is -0.315. The highest BCUT2D eigenvalue weighted by Gasteiger charge is 2.29. The quantitative estimate of drug-likeness (QED) is 0.614. The number of carbonyl (C=O) groups is 3. The van der Waals surface area contributed by atoms with Gasteiger partial charge in [-0.2, -0.15) is 0 Å². The Bertz CT molecular complexity index is 1030. The van der Waals surface area contributed by atoms with E-state index in [1.165, 1.54) is 17.6 Å². The van der Waals surface area contributed by atoms with Crippen LogP contribution >= 0.6 is 11.3 Å². The Balaban J connectivity index is 1.27. The first-order valence-corrected chi connectivity index (χ1v) is 11.0. The van der Waals surface area contributed by atoms with Gasteiger partial charge >= 0.3 is 0 Å². The van der Waals surface area contributed by atoms with Gasteiger partial charge < -0.3 is 20.0 Å². The third-order valence-electron chi connectivity index (χ3n) is 5.23. The number of benzene rings is 1. The Hall–Kier alpha value is -3.39. The van der Waals surface area contributed by atoms with Crippen molar-refractivity contribution in [1.82, 2.24) is 10.2 Å². The Morgan fingerprint density at radius 2 is 1.94 bits per heavy atom. The zero-order valence-corrected chi connectivity index (χ0v) is 17.7. The summed E-state index contributed by atoms with van der Waals surface area (Å²) in [5.74, 6) is -0.316. The lowest BCUT2D eigenvalue weighted by molar-refractivity contribution is -0.126. The molecule has 0 aliphatic carbocycles. The minimum Gasteiger partial charge on any atom is -0.459 e. The van der Waals surface area contributed by atoms with Gasteiger partial charge in [0.15, 0.2) is 5.76 Å². The molecule has 2 N–H and O–H groups in total. The summed E-state index contributed by atoms with van der Waals surface area (Å²) < 4.78 is 5.07. The highest BCUT2D eigenvalue weighted by atomic mass is 32.1. The summed E-state index contributed by atoms with van der Waals surface area (Å²) in [5, 5.41) is 7.61. The monoisotopic (exact) mass is 437 g/mol. The number of anilines is 1. The van der Waals surface area contributed by atoms with Crippen LogP contribution in [0.15, 0.2) is 64.6 Å². The van der Waals surface area contributed by atoms with E-state index < -0.39 is 0 Å². The topological polar surface area (TPSA) is 91.7 Å². The van der Waals surface area contributed by atoms with Crippen LogP contribution in [0.3, 0.4) is 0 Å². The zero-order chi connectivity index (χ0) is 21.6. The number of carbonyl (C=O) groups excluding carboxylic acids is 3. The fourth-order valence-electron chi connectivity index (χ4n) is 3.57. The van der Waals surface area contributed by atoms with Crippen LogP contribution in [0.25, 0.3) is 0 Å². The molecule has 3 aromatic rings. The summed E-state index contributed by atoms with van der Waals surface area (Å²) in [7, 11) is 0. The molecule has 1 atom stereocenters. The van der Waals surface area contributed by atoms with Crippen molar-refractivity contribution in [2.75, 3.05) is 18.4 Å². The molecule has 0 bridgehead atoms. The Morgan fingerprint density at radius 3 is 2.65 bits per heavy atom. The maximum Gasteiger partial charge on any atom is 0.291 e. The van der Waals surface area contributed by atoms with Crippen molar-refractivity contribution < 1.29 is 18.8 Å². The largest absolute Gasteiger partial charge is 0.459 e. The summed E-state index contributed by atoms with van der Waals surface area (Å²) in [6, 6.07) is 14.2. The van der Waals surface area contributed by atoms with Crippen molar-refractivity contribution in [3.8, 4) is 0 Å². The Kier molecular flexibility index (Phi) is 6.47. The Labute approximate surface area is 184 Å². The highest BCUT2D eigenvalue weighted by Crippen LogP contribution is 2.21. The van der Waals surface area contributed by atoms with Crippen molar-refractivity contribution in [1.29, 1.82) is 0 Å². The van der Waals surface area contributed by atoms with E-state index in [4.69, 9.17) is 4.42 Å². The van der Waals surface area contributed by atoms with Gasteiger partial charge in [0.25, 0.3) is 11.8 Å². The van der Waals surface area contributed by atoms with E-state index in [2.05, 4.69) is 10.6 Å². The molecule has 0 saturated carbocycles. The predicted molar refractivity (Wildman–Crippen MR) is 118 cm³/mol. The van der Waals surface area contributed by atoms with Gasteiger partial charge in [-0.3, -0.25) is 14.4 Å². The second-order valence-corrected chi connectivity index (χ2v) is 8.36. The molecule has 0 spiro atoms. The molecule has 160 valence electrons. The van der Waals surface area contributed by atoms with Crippen LogP contribution in [-0.4, -0.2) is 35.7 Å². The van der Waals surface area contributed by atoms with Crippen molar-refractivity contribution in [3.63, 3.8) is 0 Å². The van der Waals surface area contributed by atoms with E-state index in [1.807, 2.05) is 29.6 Å². The number of furan rings is 1. The standard InChI is InChI=1S/C23H23N3O4S/c27-21(17-4-1-11-26(15-17)23(29)20-6-3-13-31-20)24-14-16-7-9-18(10-8-16)25-22(28)19-5-2-12-30-19/h2-3,5-10,12-13,17H,1,4,11,14-15H2,(H,24,27)(H,25,28). The summed E-state index contributed by atoms with van der Waals surface area (Å²) in [4.78, 5) is 39.7. The lowest BCUT2D eigenvalue weighted by Gasteiger charge is -2.31. The molecule has 1 unspecified atom stereocenters. The van der Waals surface area contributed by atoms with E-state index in [1.54, 1.807) is 29.2 Å². The first-order valence-electron chi connectivity index (χ1n) is 10.1. The van der Waals surface area contributed by atoms with Crippen molar-refractivity contribution in [2.24, 2.45) is 5.92 Å². The molecule has 7 nitrogen and oxygen atoms in total. The highest BCUT2D eigenvalue weighted by molar-refractivity contribution is 7.12. The summed E-state index contributed by atoms with van der Waals surface area (Å²) in [6.07, 6.45) is 3.04. The average molecular weight is 438 g/mol. The maximum atomic E-state index is 12.7. The third kappa shape index (κ3) is 5.21. The molecule has 3 amide bonds. The van der Waals surface area contributed by atoms with Gasteiger partial charge in [0, 0.05) is 25.3 Å². The van der Waals surface area contributed by atoms with Gasteiger partial charge in [-0.15, -0.1) is 11.3 Å². The van der Waals surface area contributed by atoms with E-state index in [-0.39, 0.29) is 29.4 Å². The van der Waals surface area contributed by atoms with Crippen LogP contribution in [0.1, 0.15) is 38.6 Å². The fourth-order valence-corrected chi connectivity index (χ4v) is 4.26. The molecule has 1 aliphatic heterocycles. The summed E-state index contributed by atoms with van der Waals surface area (Å²) in [5.41, 5.74) is 1.57. The molecule has 2 aromatic heterocycles.